The lowest BCUT2D eigenvalue weighted by Gasteiger charge is -2.36. The summed E-state index contributed by atoms with van der Waals surface area (Å²) in [6, 6.07) is 21.6. The zero-order valence-electron chi connectivity index (χ0n) is 22.8. The van der Waals surface area contributed by atoms with Crippen molar-refractivity contribution in [2.45, 2.75) is 24.7 Å². The van der Waals surface area contributed by atoms with Crippen LogP contribution < -0.4 is 5.32 Å². The summed E-state index contributed by atoms with van der Waals surface area (Å²) < 4.78 is 0. The molecule has 1 aliphatic rings. The van der Waals surface area contributed by atoms with Crippen molar-refractivity contribution >= 4 is 34.7 Å². The first-order chi connectivity index (χ1) is 19.5. The van der Waals surface area contributed by atoms with Crippen LogP contribution in [0.4, 0.5) is 5.82 Å². The van der Waals surface area contributed by atoms with Crippen LogP contribution in [0, 0.1) is 11.3 Å². The van der Waals surface area contributed by atoms with Gasteiger partial charge in [-0.3, -0.25) is 4.79 Å². The van der Waals surface area contributed by atoms with E-state index in [1.54, 1.807) is 6.07 Å². The number of aromatic nitrogens is 3. The summed E-state index contributed by atoms with van der Waals surface area (Å²) in [4.78, 5) is 25.2. The number of anilines is 1. The van der Waals surface area contributed by atoms with Gasteiger partial charge >= 0.3 is 0 Å². The number of hydrogen-bond acceptors (Lipinski definition) is 8. The Balaban J connectivity index is 0.000000217. The van der Waals surface area contributed by atoms with Crippen LogP contribution in [0.1, 0.15) is 35.3 Å². The molecule has 0 aliphatic carbocycles. The maximum atomic E-state index is 11.0. The lowest BCUT2D eigenvalue weighted by Crippen LogP contribution is -2.40. The fraction of sp³-hybridized carbons (Fsp3) is 0.333. The molecule has 4 aromatic rings. The summed E-state index contributed by atoms with van der Waals surface area (Å²) in [6.07, 6.45) is 3.10. The summed E-state index contributed by atoms with van der Waals surface area (Å²) in [5.41, 5.74) is 2.58. The van der Waals surface area contributed by atoms with E-state index in [-0.39, 0.29) is 12.0 Å². The van der Waals surface area contributed by atoms with Crippen molar-refractivity contribution in [2.24, 2.45) is 0 Å². The number of fused-ring (bicyclic) bond motifs is 1. The molecular formula is C30H35ClN6O3. The number of rotatable bonds is 7. The number of nitrogens with one attached hydrogen (secondary N) is 2. The highest BCUT2D eigenvalue weighted by Gasteiger charge is 2.36. The van der Waals surface area contributed by atoms with Crippen molar-refractivity contribution in [2.75, 3.05) is 45.7 Å². The number of aromatic amines is 1. The molecule has 1 saturated heterocycles. The molecule has 210 valence electrons. The Bertz CT molecular complexity index is 1410. The average molecular weight is 563 g/mol. The van der Waals surface area contributed by atoms with E-state index >= 15 is 0 Å². The van der Waals surface area contributed by atoms with Gasteiger partial charge < -0.3 is 25.4 Å². The number of aldehydes is 1. The first-order valence-corrected chi connectivity index (χ1v) is 13.4. The summed E-state index contributed by atoms with van der Waals surface area (Å²) in [7, 11) is 3.09. The third-order valence-electron chi connectivity index (χ3n) is 6.74. The monoisotopic (exact) mass is 562 g/mol. The minimum Gasteiger partial charge on any atom is -0.400 e. The highest BCUT2D eigenvalue weighted by Crippen LogP contribution is 2.38. The van der Waals surface area contributed by atoms with Crippen LogP contribution in [-0.4, -0.2) is 76.7 Å². The lowest BCUT2D eigenvalue weighted by atomic mass is 9.74. The van der Waals surface area contributed by atoms with Gasteiger partial charge in [0.15, 0.2) is 12.1 Å². The standard InChI is InChI=1S/C16H16N4O2.C13H15ClN2.CH4O/c21-8-4-7-17-15-13-9-12(10-22)18-16(13)20-14(19-15)11-5-2-1-3-6-11;1-16-8-6-13(10-15,7-9-16)11-4-2-3-5-12(11)14;1-2/h1-3,5-6,9-10,21H,4,7-8H2,(H2,17,18,19,20);2-5H,6-9H2,1H3;2H,1H3. The fourth-order valence-corrected chi connectivity index (χ4v) is 4.84. The Morgan fingerprint density at radius 3 is 2.42 bits per heavy atom. The smallest absolute Gasteiger partial charge is 0.166 e. The number of likely N-dealkylation sites (tertiary alicyclic amines) is 1. The summed E-state index contributed by atoms with van der Waals surface area (Å²) in [5, 5.41) is 30.1. The van der Waals surface area contributed by atoms with Gasteiger partial charge in [0.1, 0.15) is 11.5 Å². The number of piperidine rings is 1. The van der Waals surface area contributed by atoms with Crippen molar-refractivity contribution in [3.8, 4) is 17.5 Å². The van der Waals surface area contributed by atoms with Gasteiger partial charge in [0.25, 0.3) is 0 Å². The molecule has 0 atom stereocenters. The Hall–Kier alpha value is -3.81. The van der Waals surface area contributed by atoms with Crippen molar-refractivity contribution in [1.82, 2.24) is 19.9 Å². The number of nitriles is 1. The molecule has 40 heavy (non-hydrogen) atoms. The number of aliphatic hydroxyl groups is 2. The molecule has 5 rings (SSSR count). The summed E-state index contributed by atoms with van der Waals surface area (Å²) in [6.45, 7) is 2.62. The molecule has 9 nitrogen and oxygen atoms in total. The lowest BCUT2D eigenvalue weighted by molar-refractivity contribution is 0.111. The Kier molecular flexibility index (Phi) is 11.6. The zero-order chi connectivity index (χ0) is 29.0. The van der Waals surface area contributed by atoms with Crippen LogP contribution in [-0.2, 0) is 5.41 Å². The van der Waals surface area contributed by atoms with Gasteiger partial charge in [-0.2, -0.15) is 5.26 Å². The number of halogens is 1. The molecule has 0 amide bonds. The first kappa shape index (κ1) is 30.7. The maximum absolute atomic E-state index is 11.0. The minimum absolute atomic E-state index is 0.111. The quantitative estimate of drug-likeness (QED) is 0.188. The fourth-order valence-electron chi connectivity index (χ4n) is 4.52. The minimum atomic E-state index is -0.384. The number of carbonyl (C=O) groups is 1. The summed E-state index contributed by atoms with van der Waals surface area (Å²) in [5.74, 6) is 1.24. The highest BCUT2D eigenvalue weighted by molar-refractivity contribution is 6.31. The largest absolute Gasteiger partial charge is 0.400 e. The number of carbonyl (C=O) groups excluding carboxylic acids is 1. The number of benzene rings is 2. The average Bonchev–Trinajstić information content (AvgIpc) is 3.44. The molecule has 1 aliphatic heterocycles. The van der Waals surface area contributed by atoms with Crippen molar-refractivity contribution in [1.29, 1.82) is 5.26 Å². The van der Waals surface area contributed by atoms with Crippen LogP contribution in [0.3, 0.4) is 0 Å². The molecule has 0 unspecified atom stereocenters. The summed E-state index contributed by atoms with van der Waals surface area (Å²) >= 11 is 6.20. The second kappa shape index (κ2) is 15.1. The molecule has 0 bridgehead atoms. The topological polar surface area (TPSA) is 138 Å². The SMILES string of the molecule is CN1CCC(C#N)(c2ccccc2Cl)CC1.CO.O=Cc1cc2c(NCCCO)nc(-c3ccccc3)nc2[nH]1. The van der Waals surface area contributed by atoms with Crippen LogP contribution in [0.15, 0.2) is 60.7 Å². The number of nitrogens with zero attached hydrogens (tertiary/aromatic N) is 4. The molecule has 2 aromatic heterocycles. The molecule has 10 heteroatoms. The van der Waals surface area contributed by atoms with Gasteiger partial charge in [0.2, 0.25) is 0 Å². The third kappa shape index (κ3) is 7.43. The van der Waals surface area contributed by atoms with Crippen LogP contribution >= 0.6 is 11.6 Å². The molecule has 3 heterocycles. The second-order valence-electron chi connectivity index (χ2n) is 9.35. The number of hydrogen-bond donors (Lipinski definition) is 4. The van der Waals surface area contributed by atoms with Crippen LogP contribution in [0.5, 0.6) is 0 Å². The molecular weight excluding hydrogens is 528 g/mol. The van der Waals surface area contributed by atoms with Gasteiger partial charge in [-0.05, 0) is 57.1 Å². The van der Waals surface area contributed by atoms with E-state index in [0.29, 0.717) is 41.0 Å². The van der Waals surface area contributed by atoms with E-state index in [4.69, 9.17) is 21.8 Å². The third-order valence-corrected chi connectivity index (χ3v) is 7.07. The Labute approximate surface area is 239 Å². The molecule has 0 spiro atoms. The molecule has 2 aromatic carbocycles. The first-order valence-electron chi connectivity index (χ1n) is 13.1. The van der Waals surface area contributed by atoms with E-state index in [9.17, 15) is 10.1 Å². The van der Waals surface area contributed by atoms with E-state index in [1.165, 1.54) is 0 Å². The van der Waals surface area contributed by atoms with Gasteiger partial charge in [0, 0.05) is 30.8 Å². The predicted molar refractivity (Wildman–Crippen MR) is 159 cm³/mol. The van der Waals surface area contributed by atoms with E-state index < -0.39 is 0 Å². The number of aliphatic hydroxyl groups excluding tert-OH is 2. The molecule has 4 N–H and O–H groups in total. The van der Waals surface area contributed by atoms with E-state index in [1.807, 2.05) is 54.6 Å². The van der Waals surface area contributed by atoms with E-state index in [2.05, 4.69) is 38.3 Å². The van der Waals surface area contributed by atoms with Crippen LogP contribution in [0.2, 0.25) is 5.02 Å². The van der Waals surface area contributed by atoms with Crippen LogP contribution in [0.25, 0.3) is 22.4 Å². The maximum Gasteiger partial charge on any atom is 0.166 e. The normalized spacial score (nSPS) is 14.2. The van der Waals surface area contributed by atoms with Gasteiger partial charge in [-0.25, -0.2) is 9.97 Å². The predicted octanol–water partition coefficient (Wildman–Crippen LogP) is 4.67. The van der Waals surface area contributed by atoms with E-state index in [0.717, 1.165) is 55.8 Å². The van der Waals surface area contributed by atoms with Gasteiger partial charge in [-0.1, -0.05) is 60.1 Å². The molecule has 0 radical (unpaired) electrons. The van der Waals surface area contributed by atoms with Crippen molar-refractivity contribution < 1.29 is 15.0 Å². The molecule has 0 saturated carbocycles. The van der Waals surface area contributed by atoms with Crippen molar-refractivity contribution in [3.63, 3.8) is 0 Å². The molecule has 1 fully saturated rings. The highest BCUT2D eigenvalue weighted by atomic mass is 35.5. The second-order valence-corrected chi connectivity index (χ2v) is 9.75. The number of H-pyrrole nitrogens is 1. The Morgan fingerprint density at radius 1 is 1.12 bits per heavy atom. The van der Waals surface area contributed by atoms with Gasteiger partial charge in [0.05, 0.1) is 22.6 Å². The zero-order valence-corrected chi connectivity index (χ0v) is 23.5. The van der Waals surface area contributed by atoms with Gasteiger partial charge in [-0.15, -0.1) is 0 Å². The Morgan fingerprint density at radius 2 is 1.80 bits per heavy atom. The van der Waals surface area contributed by atoms with Crippen molar-refractivity contribution in [3.05, 3.63) is 76.9 Å².